The number of nitrogens with one attached hydrogen (secondary N) is 2. The van der Waals surface area contributed by atoms with Gasteiger partial charge in [-0.1, -0.05) is 30.8 Å². The number of aryl methyl sites for hydroxylation is 1. The van der Waals surface area contributed by atoms with Crippen molar-refractivity contribution in [2.24, 2.45) is 0 Å². The van der Waals surface area contributed by atoms with Crippen molar-refractivity contribution in [1.82, 2.24) is 15.3 Å². The lowest BCUT2D eigenvalue weighted by Crippen LogP contribution is -2.35. The Bertz CT molecular complexity index is 1250. The molecule has 2 aromatic carbocycles. The highest BCUT2D eigenvalue weighted by Gasteiger charge is 2.34. The Morgan fingerprint density at radius 1 is 1.08 bits per heavy atom. The number of nitro benzene ring substituents is 1. The fourth-order valence-electron chi connectivity index (χ4n) is 2.70. The van der Waals surface area contributed by atoms with Crippen LogP contribution in [0.2, 0.25) is 0 Å². The molecule has 0 unspecified atom stereocenters. The molecule has 2 N–H and O–H groups in total. The molecular weight excluding hydrogens is 503 g/mol. The summed E-state index contributed by atoms with van der Waals surface area (Å²) in [6.07, 6.45) is -4.01. The van der Waals surface area contributed by atoms with Crippen LogP contribution in [0.3, 0.4) is 0 Å². The number of non-ortho nitro benzene ring substituents is 1. The van der Waals surface area contributed by atoms with Gasteiger partial charge < -0.3 is 10.1 Å². The number of imide groups is 1. The molecule has 14 heteroatoms. The first-order valence-electron chi connectivity index (χ1n) is 10.2. The number of nitro groups is 1. The molecule has 0 fully saturated rings. The lowest BCUT2D eigenvalue weighted by Gasteiger charge is -2.11. The molecule has 188 valence electrons. The summed E-state index contributed by atoms with van der Waals surface area (Å²) in [5, 5.41) is 14.9. The number of ether oxygens (including phenoxy) is 1. The third kappa shape index (κ3) is 7.66. The van der Waals surface area contributed by atoms with Gasteiger partial charge in [-0.25, -0.2) is 9.78 Å². The molecule has 3 rings (SSSR count). The van der Waals surface area contributed by atoms with Crippen molar-refractivity contribution in [3.63, 3.8) is 0 Å². The molecule has 0 aliphatic carbocycles. The Labute approximate surface area is 206 Å². The van der Waals surface area contributed by atoms with Crippen LogP contribution in [0.4, 0.5) is 29.3 Å². The molecule has 36 heavy (non-hydrogen) atoms. The number of carbonyl (C=O) groups is 2. The number of aromatic nitrogens is 2. The smallest absolute Gasteiger partial charge is 0.433 e. The number of urea groups is 1. The van der Waals surface area contributed by atoms with Crippen LogP contribution in [0.1, 0.15) is 18.2 Å². The normalized spacial score (nSPS) is 11.0. The van der Waals surface area contributed by atoms with E-state index in [0.29, 0.717) is 23.5 Å². The van der Waals surface area contributed by atoms with Gasteiger partial charge >= 0.3 is 12.2 Å². The third-order valence-corrected chi connectivity index (χ3v) is 5.30. The molecule has 1 heterocycles. The van der Waals surface area contributed by atoms with Gasteiger partial charge in [0.2, 0.25) is 11.8 Å². The van der Waals surface area contributed by atoms with Crippen LogP contribution in [-0.4, -0.2) is 32.6 Å². The SMILES string of the molecule is CCc1ccc(NC(=O)NC(=O)CSc2nc(Oc3ccc([N+](=O)[O-])cc3)cc(C(F)(F)F)n2)cc1. The van der Waals surface area contributed by atoms with Crippen LogP contribution in [0.25, 0.3) is 0 Å². The number of hydrogen-bond acceptors (Lipinski definition) is 8. The number of carbonyl (C=O) groups excluding carboxylic acids is 2. The van der Waals surface area contributed by atoms with Gasteiger partial charge in [-0.2, -0.15) is 18.2 Å². The minimum absolute atomic E-state index is 0.00441. The standard InChI is InChI=1S/C22H18F3N5O5S/c1-2-13-3-5-14(6-4-13)26-20(32)28-18(31)12-36-21-27-17(22(23,24)25)11-19(29-21)35-16-9-7-15(8-10-16)30(33)34/h3-11H,2,12H2,1H3,(H2,26,28,31,32). The molecule has 1 aromatic heterocycles. The second kappa shape index (κ2) is 11.5. The van der Waals surface area contributed by atoms with E-state index in [4.69, 9.17) is 4.74 Å². The maximum absolute atomic E-state index is 13.3. The quantitative estimate of drug-likeness (QED) is 0.179. The van der Waals surface area contributed by atoms with Gasteiger partial charge in [0.1, 0.15) is 5.75 Å². The van der Waals surface area contributed by atoms with E-state index < -0.39 is 45.5 Å². The Hall–Kier alpha value is -4.20. The topological polar surface area (TPSA) is 136 Å². The van der Waals surface area contributed by atoms with Gasteiger partial charge in [0, 0.05) is 23.9 Å². The van der Waals surface area contributed by atoms with Crippen molar-refractivity contribution >= 4 is 35.1 Å². The third-order valence-electron chi connectivity index (χ3n) is 4.45. The van der Waals surface area contributed by atoms with Gasteiger partial charge in [0.05, 0.1) is 10.7 Å². The van der Waals surface area contributed by atoms with E-state index in [1.165, 1.54) is 12.1 Å². The van der Waals surface area contributed by atoms with Crippen molar-refractivity contribution in [1.29, 1.82) is 0 Å². The maximum Gasteiger partial charge on any atom is 0.433 e. The molecule has 0 aliphatic heterocycles. The van der Waals surface area contributed by atoms with Crippen LogP contribution in [-0.2, 0) is 17.4 Å². The van der Waals surface area contributed by atoms with Crippen molar-refractivity contribution < 1.29 is 32.4 Å². The molecule has 0 aliphatic rings. The number of halogens is 3. The highest BCUT2D eigenvalue weighted by atomic mass is 32.2. The van der Waals surface area contributed by atoms with Crippen LogP contribution < -0.4 is 15.4 Å². The molecular formula is C22H18F3N5O5S. The number of thioether (sulfide) groups is 1. The predicted molar refractivity (Wildman–Crippen MR) is 124 cm³/mol. The van der Waals surface area contributed by atoms with Crippen molar-refractivity contribution in [3.05, 3.63) is 76.0 Å². The maximum atomic E-state index is 13.3. The second-order valence-electron chi connectivity index (χ2n) is 7.07. The fourth-order valence-corrected chi connectivity index (χ4v) is 3.35. The highest BCUT2D eigenvalue weighted by Crippen LogP contribution is 2.32. The summed E-state index contributed by atoms with van der Waals surface area (Å²) < 4.78 is 45.2. The molecule has 3 amide bonds. The number of nitrogens with zero attached hydrogens (tertiary/aromatic N) is 3. The molecule has 0 bridgehead atoms. The van der Waals surface area contributed by atoms with Gasteiger partial charge in [-0.05, 0) is 36.2 Å². The van der Waals surface area contributed by atoms with Gasteiger partial charge in [0.25, 0.3) is 5.69 Å². The van der Waals surface area contributed by atoms with Crippen molar-refractivity contribution in [2.75, 3.05) is 11.1 Å². The molecule has 10 nitrogen and oxygen atoms in total. The van der Waals surface area contributed by atoms with Crippen LogP contribution in [0.5, 0.6) is 11.6 Å². The fraction of sp³-hybridized carbons (Fsp3) is 0.182. The van der Waals surface area contributed by atoms with E-state index in [-0.39, 0.29) is 11.4 Å². The zero-order chi connectivity index (χ0) is 26.3. The van der Waals surface area contributed by atoms with E-state index >= 15 is 0 Å². The van der Waals surface area contributed by atoms with Gasteiger partial charge in [0.15, 0.2) is 10.9 Å². The summed E-state index contributed by atoms with van der Waals surface area (Å²) in [7, 11) is 0. The molecule has 0 atom stereocenters. The lowest BCUT2D eigenvalue weighted by molar-refractivity contribution is -0.384. The molecule has 0 saturated heterocycles. The van der Waals surface area contributed by atoms with Gasteiger partial charge in [-0.15, -0.1) is 0 Å². The number of benzene rings is 2. The van der Waals surface area contributed by atoms with Crippen molar-refractivity contribution in [2.45, 2.75) is 24.7 Å². The Balaban J connectivity index is 1.64. The van der Waals surface area contributed by atoms with Crippen molar-refractivity contribution in [3.8, 4) is 11.6 Å². The average molecular weight is 521 g/mol. The summed E-state index contributed by atoms with van der Waals surface area (Å²) in [5.74, 6) is -1.73. The number of rotatable bonds is 8. The molecule has 0 spiro atoms. The zero-order valence-electron chi connectivity index (χ0n) is 18.5. The van der Waals surface area contributed by atoms with E-state index in [1.54, 1.807) is 12.1 Å². The minimum Gasteiger partial charge on any atom is -0.439 e. The lowest BCUT2D eigenvalue weighted by atomic mass is 10.1. The number of amides is 3. The Morgan fingerprint density at radius 2 is 1.75 bits per heavy atom. The van der Waals surface area contributed by atoms with E-state index in [2.05, 4.69) is 20.6 Å². The first-order valence-corrected chi connectivity index (χ1v) is 11.2. The predicted octanol–water partition coefficient (Wildman–Crippen LogP) is 5.20. The summed E-state index contributed by atoms with van der Waals surface area (Å²) in [4.78, 5) is 41.5. The van der Waals surface area contributed by atoms with E-state index in [0.717, 1.165) is 24.1 Å². The monoisotopic (exact) mass is 521 g/mol. The first kappa shape index (κ1) is 26.4. The van der Waals surface area contributed by atoms with E-state index in [9.17, 15) is 32.9 Å². The van der Waals surface area contributed by atoms with Crippen LogP contribution in [0, 0.1) is 10.1 Å². The highest BCUT2D eigenvalue weighted by molar-refractivity contribution is 7.99. The van der Waals surface area contributed by atoms with E-state index in [1.807, 2.05) is 19.1 Å². The Morgan fingerprint density at radius 3 is 2.33 bits per heavy atom. The molecule has 0 radical (unpaired) electrons. The molecule has 0 saturated carbocycles. The molecule has 3 aromatic rings. The summed E-state index contributed by atoms with van der Waals surface area (Å²) >= 11 is 0.560. The number of hydrogen-bond donors (Lipinski definition) is 2. The first-order chi connectivity index (χ1) is 17.0. The summed E-state index contributed by atoms with van der Waals surface area (Å²) in [6.45, 7) is 1.98. The largest absolute Gasteiger partial charge is 0.439 e. The number of alkyl halides is 3. The van der Waals surface area contributed by atoms with Crippen LogP contribution in [0.15, 0.2) is 59.8 Å². The Kier molecular flexibility index (Phi) is 8.42. The summed E-state index contributed by atoms with van der Waals surface area (Å²) in [5.41, 5.74) is -0.0262. The second-order valence-corrected chi connectivity index (χ2v) is 8.01. The average Bonchev–Trinajstić information content (AvgIpc) is 2.83. The summed E-state index contributed by atoms with van der Waals surface area (Å²) in [6, 6.07) is 11.3. The zero-order valence-corrected chi connectivity index (χ0v) is 19.4. The minimum atomic E-state index is -4.83. The number of anilines is 1. The van der Waals surface area contributed by atoms with Gasteiger partial charge in [-0.3, -0.25) is 20.2 Å². The van der Waals surface area contributed by atoms with Crippen LogP contribution >= 0.6 is 11.8 Å².